The highest BCUT2D eigenvalue weighted by atomic mass is 32.2. The number of carbonyl (C=O) groups is 1. The molecule has 11 heteroatoms. The normalized spacial score (nSPS) is 14.8. The average Bonchev–Trinajstić information content (AvgIpc) is 3.36. The van der Waals surface area contributed by atoms with Crippen LogP contribution >= 0.6 is 0 Å². The molecule has 5 rings (SSSR count). The van der Waals surface area contributed by atoms with E-state index in [0.29, 0.717) is 36.7 Å². The molecule has 36 heavy (non-hydrogen) atoms. The molecule has 0 aliphatic carbocycles. The first-order chi connectivity index (χ1) is 17.5. The van der Waals surface area contributed by atoms with Gasteiger partial charge < -0.3 is 9.32 Å². The lowest BCUT2D eigenvalue weighted by Gasteiger charge is -2.32. The molecule has 0 atom stereocenters. The van der Waals surface area contributed by atoms with E-state index in [0.717, 1.165) is 23.8 Å². The van der Waals surface area contributed by atoms with Crippen LogP contribution in [0, 0.1) is 5.92 Å². The van der Waals surface area contributed by atoms with Crippen molar-refractivity contribution in [2.75, 3.05) is 24.5 Å². The fourth-order valence-electron chi connectivity index (χ4n) is 4.42. The maximum absolute atomic E-state index is 13.3. The molecule has 2 aromatic heterocycles. The number of anilines is 1. The third-order valence-electron chi connectivity index (χ3n) is 6.41. The lowest BCUT2D eigenvalue weighted by Crippen LogP contribution is -2.39. The zero-order valence-corrected chi connectivity index (χ0v) is 20.1. The molecule has 3 heterocycles. The Morgan fingerprint density at radius 3 is 2.47 bits per heavy atom. The molecule has 1 saturated heterocycles. The van der Waals surface area contributed by atoms with E-state index in [2.05, 4.69) is 14.7 Å². The van der Waals surface area contributed by atoms with Gasteiger partial charge in [0.05, 0.1) is 16.7 Å². The van der Waals surface area contributed by atoms with Gasteiger partial charge in [-0.2, -0.15) is 0 Å². The van der Waals surface area contributed by atoms with Crippen LogP contribution in [0.25, 0.3) is 22.1 Å². The maximum Gasteiger partial charge on any atom is 0.277 e. The van der Waals surface area contributed by atoms with Crippen LogP contribution in [-0.2, 0) is 10.0 Å². The fraction of sp³-hybridized carbons (Fsp3) is 0.240. The monoisotopic (exact) mass is 507 g/mol. The molecule has 1 amide bonds. The molecule has 1 aliphatic heterocycles. The van der Waals surface area contributed by atoms with E-state index in [1.54, 1.807) is 29.9 Å². The Hall–Kier alpha value is -3.80. The van der Waals surface area contributed by atoms with Crippen molar-refractivity contribution in [2.45, 2.75) is 17.7 Å². The summed E-state index contributed by atoms with van der Waals surface area (Å²) in [6.07, 6.45) is 5.83. The van der Waals surface area contributed by atoms with Crippen molar-refractivity contribution in [2.24, 2.45) is 5.92 Å². The number of fused-ring (bicyclic) bond motifs is 1. The number of hydroxylamine groups is 1. The molecule has 0 bridgehead atoms. The number of benzene rings is 2. The first-order valence-electron chi connectivity index (χ1n) is 11.5. The smallest absolute Gasteiger partial charge is 0.277 e. The first-order valence-corrected chi connectivity index (χ1v) is 13.0. The van der Waals surface area contributed by atoms with E-state index >= 15 is 0 Å². The number of hydrogen-bond acceptors (Lipinski definition) is 8. The van der Waals surface area contributed by atoms with Crippen molar-refractivity contribution in [1.82, 2.24) is 20.2 Å². The van der Waals surface area contributed by atoms with E-state index in [1.807, 2.05) is 35.2 Å². The molecule has 1 fully saturated rings. The highest BCUT2D eigenvalue weighted by Gasteiger charge is 2.25. The van der Waals surface area contributed by atoms with Crippen LogP contribution in [0.3, 0.4) is 0 Å². The number of furan rings is 1. The number of para-hydroxylation sites is 1. The molecule has 3 N–H and O–H groups in total. The SMILES string of the molecule is O=C(NO)c1cnc(N2CCC(CNS(=O)(=O)c3ccccc3-c3coc4ccccc34)CC2)nc1. The molecule has 0 spiro atoms. The lowest BCUT2D eigenvalue weighted by atomic mass is 9.97. The zero-order chi connectivity index (χ0) is 25.1. The third kappa shape index (κ3) is 4.81. The Morgan fingerprint density at radius 1 is 1.03 bits per heavy atom. The van der Waals surface area contributed by atoms with Gasteiger partial charge in [0.25, 0.3) is 5.91 Å². The van der Waals surface area contributed by atoms with Crippen LogP contribution in [-0.4, -0.2) is 49.1 Å². The van der Waals surface area contributed by atoms with Crippen LogP contribution in [0.15, 0.2) is 76.5 Å². The summed E-state index contributed by atoms with van der Waals surface area (Å²) in [7, 11) is -3.75. The summed E-state index contributed by atoms with van der Waals surface area (Å²) in [6.45, 7) is 1.65. The number of carbonyl (C=O) groups excluding carboxylic acids is 1. The van der Waals surface area contributed by atoms with E-state index < -0.39 is 15.9 Å². The molecule has 0 unspecified atom stereocenters. The summed E-state index contributed by atoms with van der Waals surface area (Å²) in [6, 6.07) is 14.5. The summed E-state index contributed by atoms with van der Waals surface area (Å²) in [5.41, 5.74) is 3.75. The summed E-state index contributed by atoms with van der Waals surface area (Å²) in [5.74, 6) is -0.0164. The van der Waals surface area contributed by atoms with E-state index in [-0.39, 0.29) is 16.4 Å². The van der Waals surface area contributed by atoms with Gasteiger partial charge in [-0.3, -0.25) is 10.0 Å². The molecule has 0 radical (unpaired) electrons. The summed E-state index contributed by atoms with van der Waals surface area (Å²) in [5, 5.41) is 9.56. The van der Waals surface area contributed by atoms with Gasteiger partial charge in [-0.25, -0.2) is 28.6 Å². The largest absolute Gasteiger partial charge is 0.464 e. The number of aromatic nitrogens is 2. The molecule has 0 saturated carbocycles. The van der Waals surface area contributed by atoms with E-state index in [1.165, 1.54) is 12.4 Å². The molecular weight excluding hydrogens is 482 g/mol. The molecule has 4 aromatic rings. The molecule has 1 aliphatic rings. The van der Waals surface area contributed by atoms with Crippen molar-refractivity contribution in [3.63, 3.8) is 0 Å². The second kappa shape index (κ2) is 10.1. The Labute approximate surface area is 208 Å². The Balaban J connectivity index is 1.24. The van der Waals surface area contributed by atoms with Gasteiger partial charge >= 0.3 is 0 Å². The fourth-order valence-corrected chi connectivity index (χ4v) is 5.75. The summed E-state index contributed by atoms with van der Waals surface area (Å²) >= 11 is 0. The third-order valence-corrected chi connectivity index (χ3v) is 7.89. The van der Waals surface area contributed by atoms with Crippen molar-refractivity contribution in [3.8, 4) is 11.1 Å². The number of amides is 1. The summed E-state index contributed by atoms with van der Waals surface area (Å²) < 4.78 is 35.0. The summed E-state index contributed by atoms with van der Waals surface area (Å²) in [4.78, 5) is 22.0. The predicted octanol–water partition coefficient (Wildman–Crippen LogP) is 3.20. The molecule has 10 nitrogen and oxygen atoms in total. The van der Waals surface area contributed by atoms with Crippen LogP contribution in [0.2, 0.25) is 0 Å². The molecule has 186 valence electrons. The van der Waals surface area contributed by atoms with Gasteiger partial charge in [-0.1, -0.05) is 36.4 Å². The number of rotatable bonds is 7. The van der Waals surface area contributed by atoms with Crippen LogP contribution < -0.4 is 15.1 Å². The highest BCUT2D eigenvalue weighted by molar-refractivity contribution is 7.89. The zero-order valence-electron chi connectivity index (χ0n) is 19.3. The minimum Gasteiger partial charge on any atom is -0.464 e. The van der Waals surface area contributed by atoms with Gasteiger partial charge in [-0.05, 0) is 30.9 Å². The quantitative estimate of drug-likeness (QED) is 0.256. The van der Waals surface area contributed by atoms with Crippen LogP contribution in [0.5, 0.6) is 0 Å². The van der Waals surface area contributed by atoms with Crippen molar-refractivity contribution in [1.29, 1.82) is 0 Å². The van der Waals surface area contributed by atoms with Crippen molar-refractivity contribution < 1.29 is 22.8 Å². The second-order valence-electron chi connectivity index (χ2n) is 8.64. The minimum atomic E-state index is -3.75. The number of sulfonamides is 1. The number of nitrogens with zero attached hydrogens (tertiary/aromatic N) is 3. The Bertz CT molecular complexity index is 1480. The van der Waals surface area contributed by atoms with Crippen molar-refractivity contribution >= 4 is 32.8 Å². The van der Waals surface area contributed by atoms with Gasteiger partial charge in [0, 0.05) is 48.5 Å². The van der Waals surface area contributed by atoms with E-state index in [4.69, 9.17) is 9.62 Å². The molecular formula is C25H25N5O5S. The topological polar surface area (TPSA) is 138 Å². The van der Waals surface area contributed by atoms with Crippen molar-refractivity contribution in [3.05, 3.63) is 72.8 Å². The lowest BCUT2D eigenvalue weighted by molar-refractivity contribution is 0.0705. The Morgan fingerprint density at radius 2 is 1.72 bits per heavy atom. The number of hydrogen-bond donors (Lipinski definition) is 3. The Kier molecular flexibility index (Phi) is 6.68. The van der Waals surface area contributed by atoms with Gasteiger partial charge in [0.2, 0.25) is 16.0 Å². The number of nitrogens with one attached hydrogen (secondary N) is 2. The maximum atomic E-state index is 13.3. The molecule has 2 aromatic carbocycles. The van der Waals surface area contributed by atoms with Gasteiger partial charge in [0.1, 0.15) is 5.58 Å². The number of piperidine rings is 1. The predicted molar refractivity (Wildman–Crippen MR) is 133 cm³/mol. The van der Waals surface area contributed by atoms with Crippen LogP contribution in [0.4, 0.5) is 5.95 Å². The second-order valence-corrected chi connectivity index (χ2v) is 10.4. The minimum absolute atomic E-state index is 0.161. The first kappa shape index (κ1) is 23.9. The van der Waals surface area contributed by atoms with Gasteiger partial charge in [-0.15, -0.1) is 0 Å². The standard InChI is InChI=1S/C25H25N5O5S/c31-24(29-32)18-14-26-25(27-15-18)30-11-9-17(10-12-30)13-28-36(33,34)23-8-4-2-6-20(23)21-16-35-22-7-3-1-5-19(21)22/h1-8,14-17,28,32H,9-13H2,(H,29,31). The van der Waals surface area contributed by atoms with Gasteiger partial charge in [0.15, 0.2) is 0 Å². The van der Waals surface area contributed by atoms with E-state index in [9.17, 15) is 13.2 Å². The van der Waals surface area contributed by atoms with Crippen LogP contribution in [0.1, 0.15) is 23.2 Å². The highest BCUT2D eigenvalue weighted by Crippen LogP contribution is 2.34. The average molecular weight is 508 g/mol.